The number of carbonyl (C=O) groups excluding carboxylic acids is 1. The molecule has 1 N–H and O–H groups in total. The third-order valence-electron chi connectivity index (χ3n) is 5.79. The van der Waals surface area contributed by atoms with Crippen LogP contribution in [0.15, 0.2) is 65.6 Å². The molecular formula is C28H31F3N2O7S. The number of anilines is 1. The van der Waals surface area contributed by atoms with Crippen LogP contribution in [0.1, 0.15) is 25.0 Å². The van der Waals surface area contributed by atoms with Crippen molar-refractivity contribution in [3.05, 3.63) is 71.8 Å². The summed E-state index contributed by atoms with van der Waals surface area (Å²) in [5.74, 6) is 0.585. The van der Waals surface area contributed by atoms with Gasteiger partial charge in [-0.15, -0.1) is 0 Å². The van der Waals surface area contributed by atoms with Crippen LogP contribution < -0.4 is 28.6 Å². The number of amides is 1. The van der Waals surface area contributed by atoms with Gasteiger partial charge in [0.1, 0.15) is 6.54 Å². The molecule has 9 nitrogen and oxygen atoms in total. The monoisotopic (exact) mass is 596 g/mol. The molecule has 0 unspecified atom stereocenters. The maximum absolute atomic E-state index is 13.7. The van der Waals surface area contributed by atoms with Gasteiger partial charge in [-0.05, 0) is 61.9 Å². The highest BCUT2D eigenvalue weighted by atomic mass is 32.2. The van der Waals surface area contributed by atoms with E-state index in [0.717, 1.165) is 12.1 Å². The number of nitrogens with one attached hydrogen (secondary N) is 1. The van der Waals surface area contributed by atoms with Crippen molar-refractivity contribution in [2.75, 3.05) is 38.3 Å². The van der Waals surface area contributed by atoms with Gasteiger partial charge in [0.25, 0.3) is 10.0 Å². The van der Waals surface area contributed by atoms with Crippen molar-refractivity contribution in [2.45, 2.75) is 31.5 Å². The minimum Gasteiger partial charge on any atom is -0.493 e. The molecule has 41 heavy (non-hydrogen) atoms. The van der Waals surface area contributed by atoms with Crippen LogP contribution in [0.5, 0.6) is 23.0 Å². The summed E-state index contributed by atoms with van der Waals surface area (Å²) in [5.41, 5.74) is -0.774. The molecule has 0 radical (unpaired) electrons. The number of benzene rings is 3. The normalized spacial score (nSPS) is 11.5. The second-order valence-corrected chi connectivity index (χ2v) is 10.4. The SMILES string of the molecule is CCOc1ccc(CNC(=O)CN(c2cccc(C(F)(F)F)c2)S(=O)(=O)c2ccc(OC)c(OC)c2)cc1OCC. The fraction of sp³-hybridized carbons (Fsp3) is 0.321. The molecule has 0 saturated heterocycles. The summed E-state index contributed by atoms with van der Waals surface area (Å²) < 4.78 is 89.9. The van der Waals surface area contributed by atoms with Crippen LogP contribution in [-0.4, -0.2) is 48.3 Å². The predicted octanol–water partition coefficient (Wildman–Crippen LogP) is 5.03. The van der Waals surface area contributed by atoms with Crippen molar-refractivity contribution in [3.63, 3.8) is 0 Å². The molecule has 3 aromatic carbocycles. The summed E-state index contributed by atoms with van der Waals surface area (Å²) in [7, 11) is -1.87. The van der Waals surface area contributed by atoms with Gasteiger partial charge >= 0.3 is 6.18 Å². The molecule has 0 saturated carbocycles. The van der Waals surface area contributed by atoms with Crippen LogP contribution in [0, 0.1) is 0 Å². The van der Waals surface area contributed by atoms with E-state index in [0.29, 0.717) is 40.6 Å². The molecule has 222 valence electrons. The Kier molecular flexibility index (Phi) is 10.3. The molecule has 0 spiro atoms. The average Bonchev–Trinajstić information content (AvgIpc) is 2.95. The lowest BCUT2D eigenvalue weighted by Crippen LogP contribution is -2.40. The van der Waals surface area contributed by atoms with Gasteiger partial charge in [-0.2, -0.15) is 13.2 Å². The van der Waals surface area contributed by atoms with Crippen molar-refractivity contribution >= 4 is 21.6 Å². The minimum atomic E-state index is -4.73. The van der Waals surface area contributed by atoms with E-state index in [1.54, 1.807) is 18.2 Å². The van der Waals surface area contributed by atoms with E-state index in [1.165, 1.54) is 38.5 Å². The Balaban J connectivity index is 1.94. The predicted molar refractivity (Wildman–Crippen MR) is 146 cm³/mol. The van der Waals surface area contributed by atoms with E-state index in [2.05, 4.69) is 5.32 Å². The molecule has 0 bridgehead atoms. The lowest BCUT2D eigenvalue weighted by atomic mass is 10.2. The maximum atomic E-state index is 13.7. The molecule has 1 amide bonds. The number of halogens is 3. The summed E-state index contributed by atoms with van der Waals surface area (Å²) in [6, 6.07) is 12.5. The largest absolute Gasteiger partial charge is 0.493 e. The molecule has 3 aromatic rings. The second kappa shape index (κ2) is 13.5. The van der Waals surface area contributed by atoms with E-state index in [4.69, 9.17) is 18.9 Å². The Morgan fingerprint density at radius 1 is 0.854 bits per heavy atom. The fourth-order valence-electron chi connectivity index (χ4n) is 3.85. The molecule has 3 rings (SSSR count). The average molecular weight is 597 g/mol. The first-order valence-corrected chi connectivity index (χ1v) is 14.0. The highest BCUT2D eigenvalue weighted by Crippen LogP contribution is 2.35. The van der Waals surface area contributed by atoms with Gasteiger partial charge < -0.3 is 24.3 Å². The van der Waals surface area contributed by atoms with Crippen LogP contribution in [0.3, 0.4) is 0 Å². The van der Waals surface area contributed by atoms with Gasteiger partial charge in [0.15, 0.2) is 23.0 Å². The highest BCUT2D eigenvalue weighted by molar-refractivity contribution is 7.92. The van der Waals surface area contributed by atoms with Gasteiger partial charge in [0, 0.05) is 12.6 Å². The zero-order valence-electron chi connectivity index (χ0n) is 22.9. The number of hydrogen-bond acceptors (Lipinski definition) is 7. The first kappa shape index (κ1) is 31.4. The van der Waals surface area contributed by atoms with Crippen molar-refractivity contribution in [3.8, 4) is 23.0 Å². The van der Waals surface area contributed by atoms with Gasteiger partial charge in [0.05, 0.1) is 43.6 Å². The Bertz CT molecular complexity index is 1460. The molecule has 0 aliphatic heterocycles. The number of carbonyl (C=O) groups is 1. The van der Waals surface area contributed by atoms with Crippen LogP contribution >= 0.6 is 0 Å². The number of nitrogens with zero attached hydrogens (tertiary/aromatic N) is 1. The van der Waals surface area contributed by atoms with Crippen LogP contribution in [-0.2, 0) is 27.5 Å². The molecule has 0 fully saturated rings. The molecular weight excluding hydrogens is 565 g/mol. The Hall–Kier alpha value is -4.13. The third kappa shape index (κ3) is 7.75. The van der Waals surface area contributed by atoms with Gasteiger partial charge in [-0.25, -0.2) is 8.42 Å². The Labute approximate surface area is 236 Å². The van der Waals surface area contributed by atoms with E-state index in [-0.39, 0.29) is 28.6 Å². The van der Waals surface area contributed by atoms with Crippen LogP contribution in [0.4, 0.5) is 18.9 Å². The maximum Gasteiger partial charge on any atom is 0.416 e. The van der Waals surface area contributed by atoms with Crippen molar-refractivity contribution < 1.29 is 45.3 Å². The zero-order chi connectivity index (χ0) is 30.2. The summed E-state index contributed by atoms with van der Waals surface area (Å²) in [6.07, 6.45) is -4.73. The summed E-state index contributed by atoms with van der Waals surface area (Å²) in [6.45, 7) is 3.65. The summed E-state index contributed by atoms with van der Waals surface area (Å²) in [5, 5.41) is 2.62. The molecule has 0 heterocycles. The molecule has 0 aromatic heterocycles. The van der Waals surface area contributed by atoms with E-state index in [1.807, 2.05) is 13.8 Å². The Morgan fingerprint density at radius 3 is 2.15 bits per heavy atom. The number of hydrogen-bond donors (Lipinski definition) is 1. The smallest absolute Gasteiger partial charge is 0.416 e. The third-order valence-corrected chi connectivity index (χ3v) is 7.56. The molecule has 0 atom stereocenters. The number of methoxy groups -OCH3 is 2. The van der Waals surface area contributed by atoms with E-state index < -0.39 is 34.2 Å². The quantitative estimate of drug-likeness (QED) is 0.295. The van der Waals surface area contributed by atoms with Crippen molar-refractivity contribution in [1.29, 1.82) is 0 Å². The first-order valence-electron chi connectivity index (χ1n) is 12.5. The number of rotatable bonds is 13. The summed E-state index contributed by atoms with van der Waals surface area (Å²) >= 11 is 0. The van der Waals surface area contributed by atoms with Crippen LogP contribution in [0.25, 0.3) is 0 Å². The molecule has 0 aliphatic rings. The lowest BCUT2D eigenvalue weighted by molar-refractivity contribution is -0.137. The summed E-state index contributed by atoms with van der Waals surface area (Å²) in [4.78, 5) is 12.7. The zero-order valence-corrected chi connectivity index (χ0v) is 23.8. The second-order valence-electron chi connectivity index (χ2n) is 8.50. The van der Waals surface area contributed by atoms with E-state index in [9.17, 15) is 26.4 Å². The standard InChI is InChI=1S/C28H31F3N2O7S/c1-5-39-24-12-10-19(14-26(24)40-6-2)17-32-27(34)18-33(21-9-7-8-20(15-21)28(29,30)31)41(35,36)22-11-13-23(37-3)25(16-22)38-4/h7-16H,5-6,17-18H2,1-4H3,(H,32,34). The van der Waals surface area contributed by atoms with Crippen molar-refractivity contribution in [2.24, 2.45) is 0 Å². The molecule has 13 heteroatoms. The highest BCUT2D eigenvalue weighted by Gasteiger charge is 2.33. The Morgan fingerprint density at radius 2 is 1.51 bits per heavy atom. The van der Waals surface area contributed by atoms with Gasteiger partial charge in [-0.3, -0.25) is 9.10 Å². The van der Waals surface area contributed by atoms with Crippen molar-refractivity contribution in [1.82, 2.24) is 5.32 Å². The first-order chi connectivity index (χ1) is 19.4. The van der Waals surface area contributed by atoms with E-state index >= 15 is 0 Å². The number of ether oxygens (including phenoxy) is 4. The topological polar surface area (TPSA) is 103 Å². The number of sulfonamides is 1. The van der Waals surface area contributed by atoms with Crippen LogP contribution in [0.2, 0.25) is 0 Å². The minimum absolute atomic E-state index is 0.00184. The number of alkyl halides is 3. The lowest BCUT2D eigenvalue weighted by Gasteiger charge is -2.25. The van der Waals surface area contributed by atoms with Gasteiger partial charge in [0.2, 0.25) is 5.91 Å². The fourth-order valence-corrected chi connectivity index (χ4v) is 5.28. The molecule has 0 aliphatic carbocycles. The van der Waals surface area contributed by atoms with Gasteiger partial charge in [-0.1, -0.05) is 12.1 Å².